The molecule has 5 nitrogen and oxygen atoms in total. The SMILES string of the molecule is Cc1ccc(N2CCC(C(=O)NCc3cccc(CO)c3)C2=O)cc1C. The molecule has 0 aromatic heterocycles. The Bertz CT molecular complexity index is 832. The molecule has 136 valence electrons. The molecule has 0 saturated carbocycles. The zero-order valence-electron chi connectivity index (χ0n) is 15.2. The summed E-state index contributed by atoms with van der Waals surface area (Å²) in [7, 11) is 0. The van der Waals surface area contributed by atoms with Gasteiger partial charge in [-0.05, 0) is 54.7 Å². The molecule has 5 heteroatoms. The summed E-state index contributed by atoms with van der Waals surface area (Å²) in [5.74, 6) is -1.02. The van der Waals surface area contributed by atoms with Crippen molar-refractivity contribution < 1.29 is 14.7 Å². The highest BCUT2D eigenvalue weighted by molar-refractivity contribution is 6.09. The summed E-state index contributed by atoms with van der Waals surface area (Å²) in [5.41, 5.74) is 4.87. The van der Waals surface area contributed by atoms with Crippen LogP contribution >= 0.6 is 0 Å². The number of nitrogens with zero attached hydrogens (tertiary/aromatic N) is 1. The number of anilines is 1. The third-order valence-corrected chi connectivity index (χ3v) is 4.96. The van der Waals surface area contributed by atoms with Gasteiger partial charge < -0.3 is 15.3 Å². The number of carbonyl (C=O) groups is 2. The van der Waals surface area contributed by atoms with Crippen LogP contribution in [0.3, 0.4) is 0 Å². The first kappa shape index (κ1) is 18.1. The zero-order chi connectivity index (χ0) is 18.7. The van der Waals surface area contributed by atoms with E-state index in [1.807, 2.05) is 56.3 Å². The Balaban J connectivity index is 1.63. The van der Waals surface area contributed by atoms with Gasteiger partial charge in [0.2, 0.25) is 11.8 Å². The van der Waals surface area contributed by atoms with Gasteiger partial charge in [0.1, 0.15) is 5.92 Å². The molecule has 2 aromatic carbocycles. The number of hydrogen-bond acceptors (Lipinski definition) is 3. The van der Waals surface area contributed by atoms with Crippen LogP contribution < -0.4 is 10.2 Å². The van der Waals surface area contributed by atoms with Gasteiger partial charge in [0, 0.05) is 18.8 Å². The topological polar surface area (TPSA) is 69.6 Å². The molecule has 1 saturated heterocycles. The number of aliphatic hydroxyl groups excluding tert-OH is 1. The second kappa shape index (κ2) is 7.70. The first-order valence-electron chi connectivity index (χ1n) is 8.84. The van der Waals surface area contributed by atoms with Crippen LogP contribution in [0.4, 0.5) is 5.69 Å². The normalized spacial score (nSPS) is 16.8. The van der Waals surface area contributed by atoms with E-state index in [0.29, 0.717) is 19.5 Å². The third kappa shape index (κ3) is 3.78. The minimum Gasteiger partial charge on any atom is -0.392 e. The Hall–Kier alpha value is -2.66. The maximum absolute atomic E-state index is 12.7. The van der Waals surface area contributed by atoms with Crippen LogP contribution in [0.25, 0.3) is 0 Å². The molecule has 0 spiro atoms. The van der Waals surface area contributed by atoms with Gasteiger partial charge in [-0.15, -0.1) is 0 Å². The smallest absolute Gasteiger partial charge is 0.239 e. The standard InChI is InChI=1S/C21H24N2O3/c1-14-6-7-18(10-15(14)2)23-9-8-19(21(23)26)20(25)22-12-16-4-3-5-17(11-16)13-24/h3-7,10-11,19,24H,8-9,12-13H2,1-2H3,(H,22,25). The van der Waals surface area contributed by atoms with Crippen LogP contribution in [0, 0.1) is 19.8 Å². The summed E-state index contributed by atoms with van der Waals surface area (Å²) in [6.07, 6.45) is 0.522. The fraction of sp³-hybridized carbons (Fsp3) is 0.333. The summed E-state index contributed by atoms with van der Waals surface area (Å²) >= 11 is 0. The number of nitrogens with one attached hydrogen (secondary N) is 1. The van der Waals surface area contributed by atoms with Gasteiger partial charge in [0.25, 0.3) is 0 Å². The van der Waals surface area contributed by atoms with Crippen LogP contribution in [0.5, 0.6) is 0 Å². The van der Waals surface area contributed by atoms with E-state index in [0.717, 1.165) is 22.4 Å². The van der Waals surface area contributed by atoms with Crippen LogP contribution in [0.1, 0.15) is 28.7 Å². The minimum absolute atomic E-state index is 0.0339. The van der Waals surface area contributed by atoms with E-state index in [1.165, 1.54) is 5.56 Å². The molecule has 26 heavy (non-hydrogen) atoms. The highest BCUT2D eigenvalue weighted by Crippen LogP contribution is 2.27. The molecule has 2 amide bonds. The predicted molar refractivity (Wildman–Crippen MR) is 101 cm³/mol. The fourth-order valence-electron chi connectivity index (χ4n) is 3.22. The van der Waals surface area contributed by atoms with Gasteiger partial charge in [0.15, 0.2) is 0 Å². The quantitative estimate of drug-likeness (QED) is 0.812. The van der Waals surface area contributed by atoms with Gasteiger partial charge in [-0.3, -0.25) is 9.59 Å². The maximum Gasteiger partial charge on any atom is 0.239 e. The summed E-state index contributed by atoms with van der Waals surface area (Å²) in [4.78, 5) is 26.9. The van der Waals surface area contributed by atoms with Crippen LogP contribution in [-0.2, 0) is 22.7 Å². The fourth-order valence-corrected chi connectivity index (χ4v) is 3.22. The van der Waals surface area contributed by atoms with E-state index in [2.05, 4.69) is 5.32 Å². The summed E-state index contributed by atoms with van der Waals surface area (Å²) < 4.78 is 0. The van der Waals surface area contributed by atoms with E-state index in [9.17, 15) is 14.7 Å². The van der Waals surface area contributed by atoms with Gasteiger partial charge in [0.05, 0.1) is 6.61 Å². The first-order chi connectivity index (χ1) is 12.5. The maximum atomic E-state index is 12.7. The molecule has 1 atom stereocenters. The Morgan fingerprint density at radius 3 is 2.65 bits per heavy atom. The number of hydrogen-bond donors (Lipinski definition) is 2. The van der Waals surface area contributed by atoms with Crippen LogP contribution in [0.15, 0.2) is 42.5 Å². The molecule has 1 aliphatic rings. The molecule has 1 heterocycles. The lowest BCUT2D eigenvalue weighted by Gasteiger charge is -2.18. The lowest BCUT2D eigenvalue weighted by molar-refractivity contribution is -0.132. The van der Waals surface area contributed by atoms with Gasteiger partial charge in [-0.2, -0.15) is 0 Å². The van der Waals surface area contributed by atoms with Crippen LogP contribution in [0.2, 0.25) is 0 Å². The van der Waals surface area contributed by atoms with Gasteiger partial charge >= 0.3 is 0 Å². The molecule has 3 rings (SSSR count). The lowest BCUT2D eigenvalue weighted by Crippen LogP contribution is -2.36. The predicted octanol–water partition coefficient (Wildman–Crippen LogP) is 2.47. The second-order valence-corrected chi connectivity index (χ2v) is 6.80. The van der Waals surface area contributed by atoms with Crippen molar-refractivity contribution in [2.45, 2.75) is 33.4 Å². The average Bonchev–Trinajstić information content (AvgIpc) is 3.03. The Morgan fingerprint density at radius 1 is 1.15 bits per heavy atom. The van der Waals surface area contributed by atoms with E-state index < -0.39 is 5.92 Å². The number of rotatable bonds is 5. The Morgan fingerprint density at radius 2 is 1.92 bits per heavy atom. The lowest BCUT2D eigenvalue weighted by atomic mass is 10.1. The molecule has 0 radical (unpaired) electrons. The molecule has 1 fully saturated rings. The first-order valence-corrected chi connectivity index (χ1v) is 8.84. The van der Waals surface area contributed by atoms with Crippen molar-refractivity contribution in [1.29, 1.82) is 0 Å². The second-order valence-electron chi connectivity index (χ2n) is 6.80. The van der Waals surface area contributed by atoms with Crippen molar-refractivity contribution in [3.05, 3.63) is 64.7 Å². The number of benzene rings is 2. The number of aliphatic hydroxyl groups is 1. The minimum atomic E-state index is -0.641. The zero-order valence-corrected chi connectivity index (χ0v) is 15.2. The number of carbonyl (C=O) groups excluding carboxylic acids is 2. The largest absolute Gasteiger partial charge is 0.392 e. The van der Waals surface area contributed by atoms with E-state index in [4.69, 9.17) is 0 Å². The van der Waals surface area contributed by atoms with Gasteiger partial charge in [-0.1, -0.05) is 30.3 Å². The average molecular weight is 352 g/mol. The summed E-state index contributed by atoms with van der Waals surface area (Å²) in [5, 5.41) is 12.0. The van der Waals surface area contributed by atoms with Crippen molar-refractivity contribution >= 4 is 17.5 Å². The van der Waals surface area contributed by atoms with Crippen molar-refractivity contribution in [2.75, 3.05) is 11.4 Å². The third-order valence-electron chi connectivity index (χ3n) is 4.96. The number of aryl methyl sites for hydroxylation is 2. The Labute approximate surface area is 153 Å². The van der Waals surface area contributed by atoms with Crippen molar-refractivity contribution in [1.82, 2.24) is 5.32 Å². The summed E-state index contributed by atoms with van der Waals surface area (Å²) in [6, 6.07) is 13.3. The highest BCUT2D eigenvalue weighted by atomic mass is 16.3. The van der Waals surface area contributed by atoms with Crippen molar-refractivity contribution in [3.8, 4) is 0 Å². The molecular weight excluding hydrogens is 328 g/mol. The van der Waals surface area contributed by atoms with E-state index >= 15 is 0 Å². The highest BCUT2D eigenvalue weighted by Gasteiger charge is 2.37. The van der Waals surface area contributed by atoms with Crippen molar-refractivity contribution in [2.24, 2.45) is 5.92 Å². The molecule has 2 N–H and O–H groups in total. The molecular formula is C21H24N2O3. The van der Waals surface area contributed by atoms with Crippen molar-refractivity contribution in [3.63, 3.8) is 0 Å². The molecule has 0 bridgehead atoms. The Kier molecular flexibility index (Phi) is 5.38. The van der Waals surface area contributed by atoms with Crippen LogP contribution in [-0.4, -0.2) is 23.5 Å². The summed E-state index contributed by atoms with van der Waals surface area (Å²) in [6.45, 7) is 4.92. The van der Waals surface area contributed by atoms with E-state index in [1.54, 1.807) is 4.90 Å². The molecule has 2 aromatic rings. The monoisotopic (exact) mass is 352 g/mol. The van der Waals surface area contributed by atoms with E-state index in [-0.39, 0.29) is 18.4 Å². The number of amides is 2. The molecule has 1 unspecified atom stereocenters. The molecule has 1 aliphatic heterocycles. The molecule has 0 aliphatic carbocycles. The van der Waals surface area contributed by atoms with Gasteiger partial charge in [-0.25, -0.2) is 0 Å².